The molecule has 3 rings (SSSR count). The molecule has 1 nitrogen and oxygen atoms in total. The first-order chi connectivity index (χ1) is 8.38. The Morgan fingerprint density at radius 1 is 1.24 bits per heavy atom. The number of rotatable bonds is 3. The van der Waals surface area contributed by atoms with Gasteiger partial charge in [0.15, 0.2) is 0 Å². The Morgan fingerprint density at radius 3 is 2.76 bits per heavy atom. The second-order valence-corrected chi connectivity index (χ2v) is 7.03. The normalized spacial score (nSPS) is 19.8. The first kappa shape index (κ1) is 11.7. The van der Waals surface area contributed by atoms with E-state index in [1.807, 2.05) is 22.7 Å². The molecule has 1 N–H and O–H groups in total. The molecule has 0 radical (unpaired) electrons. The highest BCUT2D eigenvalue weighted by molar-refractivity contribution is 7.26. The van der Waals surface area contributed by atoms with Crippen molar-refractivity contribution in [1.29, 1.82) is 0 Å². The van der Waals surface area contributed by atoms with Crippen molar-refractivity contribution in [2.24, 2.45) is 5.92 Å². The minimum atomic E-state index is 0.583. The molecule has 0 aromatic carbocycles. The van der Waals surface area contributed by atoms with Crippen molar-refractivity contribution in [2.45, 2.75) is 38.1 Å². The molecule has 92 valence electrons. The third kappa shape index (κ3) is 2.28. The average Bonchev–Trinajstić information content (AvgIpc) is 2.92. The molecule has 1 fully saturated rings. The molecule has 0 amide bonds. The van der Waals surface area contributed by atoms with Gasteiger partial charge in [-0.25, -0.2) is 0 Å². The third-order valence-electron chi connectivity index (χ3n) is 3.90. The van der Waals surface area contributed by atoms with Crippen molar-refractivity contribution in [3.05, 3.63) is 22.4 Å². The molecule has 1 unspecified atom stereocenters. The Kier molecular flexibility index (Phi) is 3.50. The van der Waals surface area contributed by atoms with Crippen LogP contribution in [-0.2, 0) is 0 Å². The molecule has 3 heteroatoms. The summed E-state index contributed by atoms with van der Waals surface area (Å²) in [5.41, 5.74) is 0. The van der Waals surface area contributed by atoms with E-state index in [-0.39, 0.29) is 0 Å². The minimum absolute atomic E-state index is 0.583. The summed E-state index contributed by atoms with van der Waals surface area (Å²) in [6.07, 6.45) is 7.08. The van der Waals surface area contributed by atoms with Crippen LogP contribution in [-0.4, -0.2) is 7.05 Å². The summed E-state index contributed by atoms with van der Waals surface area (Å²) >= 11 is 3.84. The van der Waals surface area contributed by atoms with E-state index in [1.54, 1.807) is 4.88 Å². The van der Waals surface area contributed by atoms with Crippen LogP contribution < -0.4 is 5.32 Å². The maximum atomic E-state index is 3.55. The van der Waals surface area contributed by atoms with E-state index >= 15 is 0 Å². The molecular weight excluding hydrogens is 246 g/mol. The van der Waals surface area contributed by atoms with Crippen LogP contribution in [0.15, 0.2) is 17.5 Å². The highest BCUT2D eigenvalue weighted by Crippen LogP contribution is 2.40. The summed E-state index contributed by atoms with van der Waals surface area (Å²) in [6, 6.07) is 5.24. The molecule has 0 aliphatic heterocycles. The van der Waals surface area contributed by atoms with Gasteiger partial charge in [0.1, 0.15) is 0 Å². The highest BCUT2D eigenvalue weighted by atomic mass is 32.1. The van der Waals surface area contributed by atoms with Gasteiger partial charge in [0, 0.05) is 20.3 Å². The molecule has 1 aliphatic carbocycles. The van der Waals surface area contributed by atoms with Gasteiger partial charge in [0.25, 0.3) is 0 Å². The second-order valence-electron chi connectivity index (χ2n) is 4.96. The van der Waals surface area contributed by atoms with Gasteiger partial charge in [-0.15, -0.1) is 22.7 Å². The summed E-state index contributed by atoms with van der Waals surface area (Å²) in [4.78, 5) is 1.54. The summed E-state index contributed by atoms with van der Waals surface area (Å²) in [6.45, 7) is 0. The van der Waals surface area contributed by atoms with Crippen molar-refractivity contribution < 1.29 is 0 Å². The standard InChI is InChI=1S/C14H19NS2/c1-15-14(10-5-3-2-4-6-10)13-9-12-11(17-13)7-8-16-12/h7-10,14-15H,2-6H2,1H3. The first-order valence-electron chi connectivity index (χ1n) is 6.52. The molecule has 0 spiro atoms. The monoisotopic (exact) mass is 265 g/mol. The zero-order valence-electron chi connectivity index (χ0n) is 10.2. The number of fused-ring (bicyclic) bond motifs is 1. The van der Waals surface area contributed by atoms with Crippen LogP contribution in [0.3, 0.4) is 0 Å². The number of nitrogens with one attached hydrogen (secondary N) is 1. The van der Waals surface area contributed by atoms with Crippen LogP contribution in [0, 0.1) is 5.92 Å². The van der Waals surface area contributed by atoms with Crippen molar-refractivity contribution in [2.75, 3.05) is 7.05 Å². The molecule has 1 aliphatic rings. The van der Waals surface area contributed by atoms with E-state index in [1.165, 1.54) is 41.5 Å². The largest absolute Gasteiger partial charge is 0.312 e. The summed E-state index contributed by atoms with van der Waals surface area (Å²) in [5.74, 6) is 0.849. The van der Waals surface area contributed by atoms with Crippen molar-refractivity contribution >= 4 is 32.1 Å². The average molecular weight is 265 g/mol. The van der Waals surface area contributed by atoms with Gasteiger partial charge < -0.3 is 5.32 Å². The summed E-state index contributed by atoms with van der Waals surface area (Å²) in [5, 5.41) is 5.75. The van der Waals surface area contributed by atoms with Crippen LogP contribution >= 0.6 is 22.7 Å². The Bertz CT molecular complexity index is 451. The maximum Gasteiger partial charge on any atom is 0.0454 e. The van der Waals surface area contributed by atoms with E-state index in [0.29, 0.717) is 6.04 Å². The van der Waals surface area contributed by atoms with Gasteiger partial charge in [0.05, 0.1) is 0 Å². The van der Waals surface area contributed by atoms with Crippen molar-refractivity contribution in [3.63, 3.8) is 0 Å². The SMILES string of the molecule is CNC(c1cc2sccc2s1)C1CCCCC1. The van der Waals surface area contributed by atoms with Gasteiger partial charge in [-0.05, 0) is 43.3 Å². The van der Waals surface area contributed by atoms with Crippen LogP contribution in [0.2, 0.25) is 0 Å². The molecule has 2 aromatic rings. The van der Waals surface area contributed by atoms with E-state index in [9.17, 15) is 0 Å². The number of hydrogen-bond acceptors (Lipinski definition) is 3. The Hall–Kier alpha value is -0.380. The van der Waals surface area contributed by atoms with Gasteiger partial charge in [-0.2, -0.15) is 0 Å². The Balaban J connectivity index is 1.86. The van der Waals surface area contributed by atoms with E-state index in [4.69, 9.17) is 0 Å². The quantitative estimate of drug-likeness (QED) is 0.840. The molecule has 1 saturated carbocycles. The Morgan fingerprint density at radius 2 is 2.06 bits per heavy atom. The van der Waals surface area contributed by atoms with E-state index in [2.05, 4.69) is 29.9 Å². The molecule has 1 atom stereocenters. The fourth-order valence-electron chi connectivity index (χ4n) is 3.02. The smallest absolute Gasteiger partial charge is 0.0454 e. The van der Waals surface area contributed by atoms with Crippen molar-refractivity contribution in [1.82, 2.24) is 5.32 Å². The summed E-state index contributed by atoms with van der Waals surface area (Å²) < 4.78 is 2.92. The van der Waals surface area contributed by atoms with Crippen molar-refractivity contribution in [3.8, 4) is 0 Å². The lowest BCUT2D eigenvalue weighted by Crippen LogP contribution is -2.26. The maximum absolute atomic E-state index is 3.55. The molecule has 2 heterocycles. The van der Waals surface area contributed by atoms with Gasteiger partial charge in [-0.3, -0.25) is 0 Å². The Labute approximate surface area is 111 Å². The number of thiophene rings is 2. The fourth-order valence-corrected chi connectivity index (χ4v) is 5.34. The minimum Gasteiger partial charge on any atom is -0.312 e. The summed E-state index contributed by atoms with van der Waals surface area (Å²) in [7, 11) is 2.12. The van der Waals surface area contributed by atoms with Gasteiger partial charge in [0.2, 0.25) is 0 Å². The lowest BCUT2D eigenvalue weighted by atomic mass is 9.83. The van der Waals surface area contributed by atoms with Crippen LogP contribution in [0.4, 0.5) is 0 Å². The van der Waals surface area contributed by atoms with Crippen LogP contribution in [0.1, 0.15) is 43.0 Å². The van der Waals surface area contributed by atoms with Gasteiger partial charge >= 0.3 is 0 Å². The zero-order valence-corrected chi connectivity index (χ0v) is 11.9. The predicted octanol–water partition coefficient (Wildman–Crippen LogP) is 4.80. The van der Waals surface area contributed by atoms with E-state index < -0.39 is 0 Å². The third-order valence-corrected chi connectivity index (χ3v) is 6.07. The lowest BCUT2D eigenvalue weighted by molar-refractivity contribution is 0.284. The van der Waals surface area contributed by atoms with Gasteiger partial charge in [-0.1, -0.05) is 19.3 Å². The number of hydrogen-bond donors (Lipinski definition) is 1. The second kappa shape index (κ2) is 5.09. The van der Waals surface area contributed by atoms with E-state index in [0.717, 1.165) is 5.92 Å². The van der Waals surface area contributed by atoms with Crippen LogP contribution in [0.25, 0.3) is 9.40 Å². The first-order valence-corrected chi connectivity index (χ1v) is 8.22. The highest BCUT2D eigenvalue weighted by Gasteiger charge is 2.25. The molecule has 0 bridgehead atoms. The molecule has 17 heavy (non-hydrogen) atoms. The molecular formula is C14H19NS2. The molecule has 0 saturated heterocycles. The topological polar surface area (TPSA) is 12.0 Å². The lowest BCUT2D eigenvalue weighted by Gasteiger charge is -2.29. The zero-order chi connectivity index (χ0) is 11.7. The predicted molar refractivity (Wildman–Crippen MR) is 78.1 cm³/mol. The molecule has 2 aromatic heterocycles. The fraction of sp³-hybridized carbons (Fsp3) is 0.571. The van der Waals surface area contributed by atoms with Crippen LogP contribution in [0.5, 0.6) is 0 Å².